The number of halogens is 1. The molecule has 1 aromatic rings. The molecule has 0 saturated heterocycles. The molecule has 1 saturated carbocycles. The highest BCUT2D eigenvalue weighted by Gasteiger charge is 2.30. The second-order valence-electron chi connectivity index (χ2n) is 4.69. The first-order valence-electron chi connectivity index (χ1n) is 6.32. The maximum absolute atomic E-state index is 12.8. The minimum atomic E-state index is -0.698. The van der Waals surface area contributed by atoms with Crippen molar-refractivity contribution in [3.05, 3.63) is 30.1 Å². The molecule has 1 aromatic carbocycles. The van der Waals surface area contributed by atoms with Gasteiger partial charge in [0.25, 0.3) is 0 Å². The van der Waals surface area contributed by atoms with Gasteiger partial charge >= 0.3 is 5.97 Å². The lowest BCUT2D eigenvalue weighted by molar-refractivity contribution is -0.141. The maximum atomic E-state index is 12.8. The van der Waals surface area contributed by atoms with Gasteiger partial charge < -0.3 is 5.11 Å². The molecule has 0 aliphatic heterocycles. The Bertz CT molecular complexity index is 405. The molecular weight excluding hydrogens is 251 g/mol. The zero-order valence-corrected chi connectivity index (χ0v) is 11.0. The normalized spacial score (nSPS) is 24.5. The number of thioether (sulfide) groups is 1. The number of carboxylic acid groups (broad SMARTS) is 1. The predicted molar refractivity (Wildman–Crippen MR) is 70.3 cm³/mol. The molecule has 1 aliphatic rings. The van der Waals surface area contributed by atoms with Gasteiger partial charge in [0.15, 0.2) is 0 Å². The molecule has 2 nitrogen and oxygen atoms in total. The van der Waals surface area contributed by atoms with Gasteiger partial charge in [-0.1, -0.05) is 19.3 Å². The number of benzene rings is 1. The van der Waals surface area contributed by atoms with E-state index in [-0.39, 0.29) is 17.0 Å². The summed E-state index contributed by atoms with van der Waals surface area (Å²) in [5.41, 5.74) is 0. The Labute approximate surface area is 111 Å². The molecule has 0 bridgehead atoms. The van der Waals surface area contributed by atoms with E-state index in [4.69, 9.17) is 0 Å². The molecule has 0 radical (unpaired) electrons. The van der Waals surface area contributed by atoms with Gasteiger partial charge in [0.05, 0.1) is 5.92 Å². The first-order chi connectivity index (χ1) is 8.66. The lowest BCUT2D eigenvalue weighted by atomic mass is 10.0. The summed E-state index contributed by atoms with van der Waals surface area (Å²) in [5, 5.41) is 9.39. The minimum Gasteiger partial charge on any atom is -0.481 e. The molecule has 1 aliphatic carbocycles. The van der Waals surface area contributed by atoms with Crippen molar-refractivity contribution in [1.29, 1.82) is 0 Å². The Morgan fingerprint density at radius 2 is 1.83 bits per heavy atom. The van der Waals surface area contributed by atoms with E-state index in [0.29, 0.717) is 0 Å². The van der Waals surface area contributed by atoms with E-state index < -0.39 is 5.97 Å². The molecule has 0 spiro atoms. The summed E-state index contributed by atoms with van der Waals surface area (Å²) in [4.78, 5) is 12.2. The van der Waals surface area contributed by atoms with Crippen LogP contribution in [0.5, 0.6) is 0 Å². The van der Waals surface area contributed by atoms with Crippen LogP contribution in [0, 0.1) is 11.7 Å². The molecule has 18 heavy (non-hydrogen) atoms. The van der Waals surface area contributed by atoms with Crippen LogP contribution in [0.2, 0.25) is 0 Å². The van der Waals surface area contributed by atoms with Crippen LogP contribution in [-0.4, -0.2) is 16.3 Å². The summed E-state index contributed by atoms with van der Waals surface area (Å²) >= 11 is 1.58. The van der Waals surface area contributed by atoms with Crippen LogP contribution in [0.15, 0.2) is 29.2 Å². The second-order valence-corrected chi connectivity index (χ2v) is 6.01. The van der Waals surface area contributed by atoms with E-state index in [9.17, 15) is 14.3 Å². The molecule has 2 atom stereocenters. The van der Waals surface area contributed by atoms with Crippen molar-refractivity contribution in [3.8, 4) is 0 Å². The molecule has 0 aromatic heterocycles. The van der Waals surface area contributed by atoms with Crippen molar-refractivity contribution in [3.63, 3.8) is 0 Å². The predicted octanol–water partition coefficient (Wildman–Crippen LogP) is 3.95. The van der Waals surface area contributed by atoms with Gasteiger partial charge in [-0.15, -0.1) is 11.8 Å². The zero-order chi connectivity index (χ0) is 13.0. The average molecular weight is 268 g/mol. The highest BCUT2D eigenvalue weighted by molar-refractivity contribution is 8.00. The van der Waals surface area contributed by atoms with E-state index in [1.807, 2.05) is 0 Å². The van der Waals surface area contributed by atoms with Crippen molar-refractivity contribution >= 4 is 17.7 Å². The van der Waals surface area contributed by atoms with Gasteiger partial charge in [0, 0.05) is 10.1 Å². The molecule has 2 rings (SSSR count). The van der Waals surface area contributed by atoms with Gasteiger partial charge in [-0.25, -0.2) is 4.39 Å². The number of aliphatic carboxylic acids is 1. The van der Waals surface area contributed by atoms with Gasteiger partial charge in [-0.3, -0.25) is 4.79 Å². The fourth-order valence-corrected chi connectivity index (χ4v) is 3.73. The van der Waals surface area contributed by atoms with E-state index in [0.717, 1.165) is 37.0 Å². The fourth-order valence-electron chi connectivity index (χ4n) is 2.39. The van der Waals surface area contributed by atoms with E-state index >= 15 is 0 Å². The van der Waals surface area contributed by atoms with Crippen molar-refractivity contribution < 1.29 is 14.3 Å². The average Bonchev–Trinajstić information content (AvgIpc) is 2.57. The van der Waals surface area contributed by atoms with Gasteiger partial charge in [-0.05, 0) is 37.1 Å². The summed E-state index contributed by atoms with van der Waals surface area (Å²) in [6, 6.07) is 6.30. The summed E-state index contributed by atoms with van der Waals surface area (Å²) in [6.45, 7) is 0. The van der Waals surface area contributed by atoms with Crippen molar-refractivity contribution in [2.24, 2.45) is 5.92 Å². The number of carbonyl (C=O) groups is 1. The quantitative estimate of drug-likeness (QED) is 0.843. The summed E-state index contributed by atoms with van der Waals surface area (Å²) in [7, 11) is 0. The van der Waals surface area contributed by atoms with E-state index in [2.05, 4.69) is 0 Å². The maximum Gasteiger partial charge on any atom is 0.307 e. The third kappa shape index (κ3) is 3.48. The molecule has 0 heterocycles. The van der Waals surface area contributed by atoms with Gasteiger partial charge in [-0.2, -0.15) is 0 Å². The van der Waals surface area contributed by atoms with Crippen molar-refractivity contribution in [1.82, 2.24) is 0 Å². The Morgan fingerprint density at radius 3 is 2.50 bits per heavy atom. The lowest BCUT2D eigenvalue weighted by Crippen LogP contribution is -2.24. The van der Waals surface area contributed by atoms with E-state index in [1.54, 1.807) is 23.9 Å². The van der Waals surface area contributed by atoms with Crippen molar-refractivity contribution in [2.75, 3.05) is 0 Å². The van der Waals surface area contributed by atoms with Crippen molar-refractivity contribution in [2.45, 2.75) is 42.2 Å². The third-order valence-electron chi connectivity index (χ3n) is 3.37. The van der Waals surface area contributed by atoms with Crippen LogP contribution in [0.3, 0.4) is 0 Å². The highest BCUT2D eigenvalue weighted by atomic mass is 32.2. The molecule has 0 amide bonds. The number of carboxylic acids is 1. The second kappa shape index (κ2) is 6.23. The minimum absolute atomic E-state index is 0.107. The zero-order valence-electron chi connectivity index (χ0n) is 10.1. The number of rotatable bonds is 3. The Balaban J connectivity index is 2.08. The standard InChI is InChI=1S/C14H17FO2S/c15-10-6-8-11(9-7-10)18-13-5-3-1-2-4-12(13)14(16)17/h6-9,12-13H,1-5H2,(H,16,17). The molecule has 2 unspecified atom stereocenters. The number of hydrogen-bond acceptors (Lipinski definition) is 2. The fraction of sp³-hybridized carbons (Fsp3) is 0.500. The molecule has 1 N–H and O–H groups in total. The topological polar surface area (TPSA) is 37.3 Å². The summed E-state index contributed by atoms with van der Waals surface area (Å²) < 4.78 is 12.8. The van der Waals surface area contributed by atoms with E-state index in [1.165, 1.54) is 12.1 Å². The summed E-state index contributed by atoms with van der Waals surface area (Å²) in [6.07, 6.45) is 4.89. The molecule has 1 fully saturated rings. The smallest absolute Gasteiger partial charge is 0.307 e. The Morgan fingerprint density at radius 1 is 1.17 bits per heavy atom. The largest absolute Gasteiger partial charge is 0.481 e. The SMILES string of the molecule is O=C(O)C1CCCCCC1Sc1ccc(F)cc1. The van der Waals surface area contributed by atoms with Crippen LogP contribution < -0.4 is 0 Å². The third-order valence-corrected chi connectivity index (χ3v) is 4.78. The van der Waals surface area contributed by atoms with Crippen LogP contribution in [0.4, 0.5) is 4.39 Å². The van der Waals surface area contributed by atoms with Crippen LogP contribution in [0.1, 0.15) is 32.1 Å². The lowest BCUT2D eigenvalue weighted by Gasteiger charge is -2.20. The van der Waals surface area contributed by atoms with Crippen LogP contribution in [-0.2, 0) is 4.79 Å². The first-order valence-corrected chi connectivity index (χ1v) is 7.20. The van der Waals surface area contributed by atoms with Crippen LogP contribution >= 0.6 is 11.8 Å². The molecular formula is C14H17FO2S. The van der Waals surface area contributed by atoms with Crippen LogP contribution in [0.25, 0.3) is 0 Å². The first kappa shape index (κ1) is 13.4. The monoisotopic (exact) mass is 268 g/mol. The molecule has 4 heteroatoms. The highest BCUT2D eigenvalue weighted by Crippen LogP contribution is 2.36. The van der Waals surface area contributed by atoms with Gasteiger partial charge in [0.1, 0.15) is 5.82 Å². The summed E-state index contributed by atoms with van der Waals surface area (Å²) in [5.74, 6) is -1.23. The Kier molecular flexibility index (Phi) is 4.64. The Hall–Kier alpha value is -1.03. The number of hydrogen-bond donors (Lipinski definition) is 1. The molecule has 98 valence electrons. The van der Waals surface area contributed by atoms with Gasteiger partial charge in [0.2, 0.25) is 0 Å².